The molecule has 36 heavy (non-hydrogen) atoms. The lowest BCUT2D eigenvalue weighted by molar-refractivity contribution is -0.114. The Kier molecular flexibility index (Phi) is 7.49. The maximum atomic E-state index is 13.6. The van der Waals surface area contributed by atoms with Gasteiger partial charge in [-0.15, -0.1) is 11.3 Å². The number of ether oxygens (including phenoxy) is 1. The molecule has 1 aliphatic rings. The fourth-order valence-corrected chi connectivity index (χ4v) is 6.85. The van der Waals surface area contributed by atoms with Crippen LogP contribution in [-0.4, -0.2) is 52.4 Å². The van der Waals surface area contributed by atoms with Crippen molar-refractivity contribution in [1.82, 2.24) is 4.90 Å². The predicted octanol–water partition coefficient (Wildman–Crippen LogP) is 3.97. The largest absolute Gasteiger partial charge is 0.465 e. The van der Waals surface area contributed by atoms with E-state index in [4.69, 9.17) is 4.74 Å². The highest BCUT2D eigenvalue weighted by Gasteiger charge is 2.31. The van der Waals surface area contributed by atoms with E-state index in [0.717, 1.165) is 32.4 Å². The summed E-state index contributed by atoms with van der Waals surface area (Å²) in [6.07, 6.45) is 0.667. The third kappa shape index (κ3) is 5.30. The number of carbonyl (C=O) groups is 2. The number of sulfonamides is 1. The number of methoxy groups -OCH3 is 1. The standard InChI is InChI=1S/C26H29N3O5S2/c1-17-5-9-19(10-6-17)29(36(32,33)20-11-7-18(2)8-12-20)16-23(30)27-25-24(26(31)34-4)21-13-14-28(3)15-22(21)35-25/h5-12H,13-16H2,1-4H3,(H,27,30). The van der Waals surface area contributed by atoms with E-state index < -0.39 is 28.4 Å². The number of amides is 1. The number of hydrogen-bond acceptors (Lipinski definition) is 7. The van der Waals surface area contributed by atoms with Gasteiger partial charge in [0, 0.05) is 18.0 Å². The third-order valence-electron chi connectivity index (χ3n) is 6.11. The molecule has 1 N–H and O–H groups in total. The van der Waals surface area contributed by atoms with Gasteiger partial charge in [-0.05, 0) is 57.1 Å². The minimum absolute atomic E-state index is 0.0892. The van der Waals surface area contributed by atoms with Crippen LogP contribution in [0.15, 0.2) is 53.4 Å². The zero-order chi connectivity index (χ0) is 26.0. The quantitative estimate of drug-likeness (QED) is 0.467. The Bertz CT molecular complexity index is 1380. The van der Waals surface area contributed by atoms with E-state index in [1.807, 2.05) is 20.9 Å². The first kappa shape index (κ1) is 25.9. The number of benzene rings is 2. The number of likely N-dealkylation sites (N-methyl/N-ethyl adjacent to an activating group) is 1. The summed E-state index contributed by atoms with van der Waals surface area (Å²) in [7, 11) is -0.734. The molecule has 4 rings (SSSR count). The molecular formula is C26H29N3O5S2. The Morgan fingerprint density at radius 1 is 1.06 bits per heavy atom. The maximum absolute atomic E-state index is 13.6. The molecule has 0 fully saturated rings. The first-order valence-electron chi connectivity index (χ1n) is 11.5. The van der Waals surface area contributed by atoms with Crippen molar-refractivity contribution in [3.05, 3.63) is 75.7 Å². The van der Waals surface area contributed by atoms with Gasteiger partial charge in [0.2, 0.25) is 5.91 Å². The smallest absolute Gasteiger partial charge is 0.341 e. The zero-order valence-corrected chi connectivity index (χ0v) is 22.3. The molecule has 0 bridgehead atoms. The van der Waals surface area contributed by atoms with Gasteiger partial charge >= 0.3 is 5.97 Å². The highest BCUT2D eigenvalue weighted by molar-refractivity contribution is 7.92. The predicted molar refractivity (Wildman–Crippen MR) is 141 cm³/mol. The Hall–Kier alpha value is -3.21. The zero-order valence-electron chi connectivity index (χ0n) is 20.7. The lowest BCUT2D eigenvalue weighted by Gasteiger charge is -2.24. The van der Waals surface area contributed by atoms with Crippen LogP contribution in [0.25, 0.3) is 0 Å². The topological polar surface area (TPSA) is 96.0 Å². The van der Waals surface area contributed by atoms with Gasteiger partial charge in [0.25, 0.3) is 10.0 Å². The summed E-state index contributed by atoms with van der Waals surface area (Å²) in [6.45, 7) is 4.77. The van der Waals surface area contributed by atoms with Crippen molar-refractivity contribution in [2.45, 2.75) is 31.7 Å². The monoisotopic (exact) mass is 527 g/mol. The minimum atomic E-state index is -4.03. The fraction of sp³-hybridized carbons (Fsp3) is 0.308. The highest BCUT2D eigenvalue weighted by atomic mass is 32.2. The molecule has 190 valence electrons. The second-order valence-electron chi connectivity index (χ2n) is 8.90. The van der Waals surface area contributed by atoms with Gasteiger partial charge in [0.05, 0.1) is 23.3 Å². The van der Waals surface area contributed by atoms with Crippen LogP contribution in [-0.2, 0) is 32.5 Å². The molecular weight excluding hydrogens is 498 g/mol. The molecule has 0 radical (unpaired) electrons. The van der Waals surface area contributed by atoms with Crippen LogP contribution in [0.3, 0.4) is 0 Å². The molecule has 2 heterocycles. The van der Waals surface area contributed by atoms with E-state index in [1.54, 1.807) is 36.4 Å². The lowest BCUT2D eigenvalue weighted by Crippen LogP contribution is -2.38. The van der Waals surface area contributed by atoms with E-state index in [-0.39, 0.29) is 4.90 Å². The average molecular weight is 528 g/mol. The van der Waals surface area contributed by atoms with E-state index in [0.29, 0.717) is 29.2 Å². The van der Waals surface area contributed by atoms with Crippen LogP contribution in [0.4, 0.5) is 10.7 Å². The van der Waals surface area contributed by atoms with Crippen molar-refractivity contribution in [3.8, 4) is 0 Å². The van der Waals surface area contributed by atoms with Gasteiger partial charge in [-0.25, -0.2) is 13.2 Å². The summed E-state index contributed by atoms with van der Waals surface area (Å²) >= 11 is 1.33. The normalized spacial score (nSPS) is 13.7. The molecule has 0 aliphatic carbocycles. The molecule has 2 aromatic carbocycles. The van der Waals surface area contributed by atoms with Crippen molar-refractivity contribution >= 4 is 43.9 Å². The van der Waals surface area contributed by atoms with Gasteiger partial charge in [-0.3, -0.25) is 9.10 Å². The molecule has 0 atom stereocenters. The molecule has 3 aromatic rings. The Morgan fingerprint density at radius 2 is 1.67 bits per heavy atom. The highest BCUT2D eigenvalue weighted by Crippen LogP contribution is 2.37. The Labute approximate surface area is 215 Å². The van der Waals surface area contributed by atoms with Crippen LogP contribution >= 0.6 is 11.3 Å². The maximum Gasteiger partial charge on any atom is 0.341 e. The van der Waals surface area contributed by atoms with E-state index in [1.165, 1.54) is 30.6 Å². The molecule has 1 aromatic heterocycles. The van der Waals surface area contributed by atoms with Crippen LogP contribution in [0.2, 0.25) is 0 Å². The van der Waals surface area contributed by atoms with Gasteiger partial charge in [0.15, 0.2) is 0 Å². The summed E-state index contributed by atoms with van der Waals surface area (Å²) in [5.74, 6) is -1.07. The van der Waals surface area contributed by atoms with E-state index >= 15 is 0 Å². The first-order chi connectivity index (χ1) is 17.1. The molecule has 0 unspecified atom stereocenters. The van der Waals surface area contributed by atoms with Crippen molar-refractivity contribution in [1.29, 1.82) is 0 Å². The molecule has 10 heteroatoms. The number of fused-ring (bicyclic) bond motifs is 1. The second-order valence-corrected chi connectivity index (χ2v) is 11.9. The van der Waals surface area contributed by atoms with E-state index in [9.17, 15) is 18.0 Å². The van der Waals surface area contributed by atoms with Crippen LogP contribution < -0.4 is 9.62 Å². The van der Waals surface area contributed by atoms with Crippen molar-refractivity contribution in [3.63, 3.8) is 0 Å². The number of rotatable bonds is 7. The number of carbonyl (C=O) groups excluding carboxylic acids is 2. The molecule has 1 aliphatic heterocycles. The summed E-state index contributed by atoms with van der Waals surface area (Å²) in [5, 5.41) is 3.17. The van der Waals surface area contributed by atoms with Gasteiger partial charge in [-0.1, -0.05) is 35.4 Å². The molecule has 8 nitrogen and oxygen atoms in total. The molecule has 1 amide bonds. The van der Waals surface area contributed by atoms with Gasteiger partial charge in [0.1, 0.15) is 11.5 Å². The Morgan fingerprint density at radius 3 is 2.28 bits per heavy atom. The minimum Gasteiger partial charge on any atom is -0.465 e. The molecule has 0 spiro atoms. The van der Waals surface area contributed by atoms with Crippen molar-refractivity contribution < 1.29 is 22.7 Å². The number of anilines is 2. The second kappa shape index (κ2) is 10.4. The first-order valence-corrected chi connectivity index (χ1v) is 13.7. The SMILES string of the molecule is COC(=O)c1c(NC(=O)CN(c2ccc(C)cc2)S(=O)(=O)c2ccc(C)cc2)sc2c1CCN(C)C2. The van der Waals surface area contributed by atoms with Crippen LogP contribution in [0, 0.1) is 13.8 Å². The number of aryl methyl sites for hydroxylation is 2. The lowest BCUT2D eigenvalue weighted by atomic mass is 10.0. The van der Waals surface area contributed by atoms with Crippen molar-refractivity contribution in [2.75, 3.05) is 36.9 Å². The summed E-state index contributed by atoms with van der Waals surface area (Å²) in [4.78, 5) is 29.1. The number of thiophene rings is 1. The number of nitrogens with zero attached hydrogens (tertiary/aromatic N) is 2. The van der Waals surface area contributed by atoms with Crippen molar-refractivity contribution in [2.24, 2.45) is 0 Å². The third-order valence-corrected chi connectivity index (χ3v) is 9.03. The fourth-order valence-electron chi connectivity index (χ4n) is 4.10. The average Bonchev–Trinajstić information content (AvgIpc) is 3.19. The number of hydrogen-bond donors (Lipinski definition) is 1. The summed E-state index contributed by atoms with van der Waals surface area (Å²) < 4.78 is 33.3. The Balaban J connectivity index is 1.67. The number of nitrogens with one attached hydrogen (secondary N) is 1. The van der Waals surface area contributed by atoms with Gasteiger partial charge < -0.3 is 15.0 Å². The van der Waals surface area contributed by atoms with Crippen LogP contribution in [0.5, 0.6) is 0 Å². The summed E-state index contributed by atoms with van der Waals surface area (Å²) in [5.41, 5.74) is 3.49. The van der Waals surface area contributed by atoms with Crippen LogP contribution in [0.1, 0.15) is 31.9 Å². The summed E-state index contributed by atoms with van der Waals surface area (Å²) in [6, 6.07) is 13.4. The number of esters is 1. The van der Waals surface area contributed by atoms with Gasteiger partial charge in [-0.2, -0.15) is 0 Å². The molecule has 0 saturated carbocycles. The molecule has 0 saturated heterocycles. The van der Waals surface area contributed by atoms with E-state index in [2.05, 4.69) is 10.2 Å².